The number of carbonyl (C=O) groups excluding carboxylic acids is 1. The number of nitrogens with zero attached hydrogens (tertiary/aromatic N) is 1. The Hall–Kier alpha value is -1.15. The fourth-order valence-corrected chi connectivity index (χ4v) is 2.75. The summed E-state index contributed by atoms with van der Waals surface area (Å²) < 4.78 is 6.37. The predicted octanol–water partition coefficient (Wildman–Crippen LogP) is 2.08. The van der Waals surface area contributed by atoms with E-state index in [1.54, 1.807) is 0 Å². The Morgan fingerprint density at radius 3 is 3.00 bits per heavy atom. The van der Waals surface area contributed by atoms with Crippen LogP contribution in [0.4, 0.5) is 0 Å². The molecule has 0 unspecified atom stereocenters. The van der Waals surface area contributed by atoms with E-state index in [0.717, 1.165) is 27.3 Å². The summed E-state index contributed by atoms with van der Waals surface area (Å²) in [4.78, 5) is 12.3. The van der Waals surface area contributed by atoms with Gasteiger partial charge in [-0.05, 0) is 53.6 Å². The van der Waals surface area contributed by atoms with E-state index in [1.807, 2.05) is 18.2 Å². The highest BCUT2D eigenvalue weighted by Gasteiger charge is 2.20. The molecule has 3 rings (SSSR count). The zero-order chi connectivity index (χ0) is 13.2. The van der Waals surface area contributed by atoms with Gasteiger partial charge >= 0.3 is 0 Å². The third kappa shape index (κ3) is 2.74. The highest BCUT2D eigenvalue weighted by atomic mass is 127. The zero-order valence-corrected chi connectivity index (χ0v) is 12.4. The lowest BCUT2D eigenvalue weighted by molar-refractivity contribution is 0.0695. The molecule has 1 aliphatic rings. The van der Waals surface area contributed by atoms with Crippen molar-refractivity contribution in [3.05, 3.63) is 27.5 Å². The van der Waals surface area contributed by atoms with Gasteiger partial charge in [-0.25, -0.2) is 0 Å². The van der Waals surface area contributed by atoms with E-state index in [1.165, 1.54) is 0 Å². The number of hydrogen-bond acceptors (Lipinski definition) is 3. The number of halogens is 1. The molecule has 1 aromatic heterocycles. The fraction of sp³-hybridized carbons (Fsp3) is 0.385. The number of benzene rings is 1. The van der Waals surface area contributed by atoms with Crippen molar-refractivity contribution in [1.82, 2.24) is 15.5 Å². The third-order valence-corrected chi connectivity index (χ3v) is 3.97. The summed E-state index contributed by atoms with van der Waals surface area (Å²) in [5, 5.41) is 10.9. The minimum absolute atomic E-state index is 0.111. The fourth-order valence-electron chi connectivity index (χ4n) is 2.26. The zero-order valence-electron chi connectivity index (χ0n) is 10.3. The summed E-state index contributed by atoms with van der Waals surface area (Å²) in [7, 11) is 0. The van der Waals surface area contributed by atoms with Crippen LogP contribution in [-0.2, 0) is 4.74 Å². The first-order valence-corrected chi connectivity index (χ1v) is 7.34. The monoisotopic (exact) mass is 371 g/mol. The van der Waals surface area contributed by atoms with E-state index in [2.05, 4.69) is 38.1 Å². The van der Waals surface area contributed by atoms with Gasteiger partial charge in [0.25, 0.3) is 5.91 Å². The second kappa shape index (κ2) is 5.46. The Kier molecular flexibility index (Phi) is 3.69. The van der Waals surface area contributed by atoms with Gasteiger partial charge in [0.05, 0.1) is 5.52 Å². The van der Waals surface area contributed by atoms with Crippen molar-refractivity contribution >= 4 is 39.4 Å². The minimum Gasteiger partial charge on any atom is -0.381 e. The van der Waals surface area contributed by atoms with Crippen LogP contribution in [0.2, 0.25) is 0 Å². The van der Waals surface area contributed by atoms with Crippen molar-refractivity contribution in [2.75, 3.05) is 13.2 Å². The summed E-state index contributed by atoms with van der Waals surface area (Å²) in [5.41, 5.74) is 1.36. The summed E-state index contributed by atoms with van der Waals surface area (Å²) in [6.45, 7) is 1.42. The molecule has 2 heterocycles. The van der Waals surface area contributed by atoms with Gasteiger partial charge in [0.1, 0.15) is 0 Å². The molecule has 1 saturated heterocycles. The van der Waals surface area contributed by atoms with Crippen LogP contribution in [0.3, 0.4) is 0 Å². The SMILES string of the molecule is O=C(NC1CCOCC1)c1n[nH]c2ccc(I)cc12. The van der Waals surface area contributed by atoms with Gasteiger partial charge in [-0.1, -0.05) is 0 Å². The van der Waals surface area contributed by atoms with Gasteiger partial charge in [-0.15, -0.1) is 0 Å². The molecule has 2 aromatic rings. The Morgan fingerprint density at radius 1 is 1.42 bits per heavy atom. The number of ether oxygens (including phenoxy) is 1. The van der Waals surface area contributed by atoms with Gasteiger partial charge < -0.3 is 10.1 Å². The standard InChI is InChI=1S/C13H14IN3O2/c14-8-1-2-11-10(7-8)12(17-16-11)13(18)15-9-3-5-19-6-4-9/h1-2,7,9H,3-6H2,(H,15,18)(H,16,17). The normalized spacial score (nSPS) is 16.7. The van der Waals surface area contributed by atoms with E-state index < -0.39 is 0 Å². The highest BCUT2D eigenvalue weighted by Crippen LogP contribution is 2.19. The minimum atomic E-state index is -0.111. The molecule has 0 spiro atoms. The van der Waals surface area contributed by atoms with Gasteiger partial charge in [0.2, 0.25) is 0 Å². The van der Waals surface area contributed by atoms with Crippen LogP contribution < -0.4 is 5.32 Å². The Morgan fingerprint density at radius 2 is 2.21 bits per heavy atom. The van der Waals surface area contributed by atoms with Crippen LogP contribution in [0.25, 0.3) is 10.9 Å². The summed E-state index contributed by atoms with van der Waals surface area (Å²) in [5.74, 6) is -0.111. The first-order chi connectivity index (χ1) is 9.24. The molecular formula is C13H14IN3O2. The third-order valence-electron chi connectivity index (χ3n) is 3.30. The number of rotatable bonds is 2. The Labute approximate surface area is 124 Å². The van der Waals surface area contributed by atoms with E-state index in [-0.39, 0.29) is 11.9 Å². The number of amides is 1. The van der Waals surface area contributed by atoms with Crippen molar-refractivity contribution in [2.45, 2.75) is 18.9 Å². The molecule has 0 radical (unpaired) electrons. The average Bonchev–Trinajstić information content (AvgIpc) is 2.82. The van der Waals surface area contributed by atoms with Crippen molar-refractivity contribution < 1.29 is 9.53 Å². The summed E-state index contributed by atoms with van der Waals surface area (Å²) >= 11 is 2.23. The molecule has 0 saturated carbocycles. The van der Waals surface area contributed by atoms with Crippen LogP contribution in [0, 0.1) is 3.57 Å². The van der Waals surface area contributed by atoms with E-state index >= 15 is 0 Å². The lowest BCUT2D eigenvalue weighted by Gasteiger charge is -2.22. The molecule has 2 N–H and O–H groups in total. The molecule has 6 heteroatoms. The molecular weight excluding hydrogens is 357 g/mol. The van der Waals surface area contributed by atoms with Crippen LogP contribution in [0.1, 0.15) is 23.3 Å². The number of aromatic nitrogens is 2. The second-order valence-corrected chi connectivity index (χ2v) is 5.87. The van der Waals surface area contributed by atoms with E-state index in [4.69, 9.17) is 4.74 Å². The van der Waals surface area contributed by atoms with Crippen molar-refractivity contribution in [1.29, 1.82) is 0 Å². The van der Waals surface area contributed by atoms with Gasteiger partial charge in [0, 0.05) is 28.2 Å². The maximum Gasteiger partial charge on any atom is 0.272 e. The van der Waals surface area contributed by atoms with Crippen molar-refractivity contribution in [3.63, 3.8) is 0 Å². The highest BCUT2D eigenvalue weighted by molar-refractivity contribution is 14.1. The molecule has 1 amide bonds. The van der Waals surface area contributed by atoms with Crippen LogP contribution in [-0.4, -0.2) is 35.4 Å². The smallest absolute Gasteiger partial charge is 0.272 e. The maximum atomic E-state index is 12.3. The molecule has 19 heavy (non-hydrogen) atoms. The first-order valence-electron chi connectivity index (χ1n) is 6.26. The Balaban J connectivity index is 1.82. The molecule has 0 aliphatic carbocycles. The lowest BCUT2D eigenvalue weighted by atomic mass is 10.1. The predicted molar refractivity (Wildman–Crippen MR) is 80.1 cm³/mol. The number of nitrogens with one attached hydrogen (secondary N) is 2. The van der Waals surface area contributed by atoms with E-state index in [9.17, 15) is 4.79 Å². The van der Waals surface area contributed by atoms with Gasteiger partial charge in [-0.2, -0.15) is 5.10 Å². The second-order valence-electron chi connectivity index (χ2n) is 4.62. The van der Waals surface area contributed by atoms with Gasteiger partial charge in [-0.3, -0.25) is 9.89 Å². The summed E-state index contributed by atoms with van der Waals surface area (Å²) in [6, 6.07) is 6.09. The molecule has 1 aliphatic heterocycles. The molecule has 100 valence electrons. The molecule has 5 nitrogen and oxygen atoms in total. The van der Waals surface area contributed by atoms with Crippen LogP contribution in [0.5, 0.6) is 0 Å². The maximum absolute atomic E-state index is 12.3. The lowest BCUT2D eigenvalue weighted by Crippen LogP contribution is -2.39. The molecule has 1 aromatic carbocycles. The summed E-state index contributed by atoms with van der Waals surface area (Å²) in [6.07, 6.45) is 1.73. The number of aromatic amines is 1. The molecule has 1 fully saturated rings. The molecule has 0 bridgehead atoms. The van der Waals surface area contributed by atoms with Crippen LogP contribution >= 0.6 is 22.6 Å². The van der Waals surface area contributed by atoms with E-state index in [0.29, 0.717) is 18.9 Å². The number of H-pyrrole nitrogens is 1. The number of fused-ring (bicyclic) bond motifs is 1. The van der Waals surface area contributed by atoms with Crippen LogP contribution in [0.15, 0.2) is 18.2 Å². The quantitative estimate of drug-likeness (QED) is 0.795. The average molecular weight is 371 g/mol. The topological polar surface area (TPSA) is 67.0 Å². The van der Waals surface area contributed by atoms with Gasteiger partial charge in [0.15, 0.2) is 5.69 Å². The number of hydrogen-bond donors (Lipinski definition) is 2. The Bertz CT molecular complexity index is 605. The van der Waals surface area contributed by atoms with Crippen molar-refractivity contribution in [2.24, 2.45) is 0 Å². The largest absolute Gasteiger partial charge is 0.381 e. The molecule has 0 atom stereocenters. The first kappa shape index (κ1) is 12.9. The van der Waals surface area contributed by atoms with Crippen molar-refractivity contribution in [3.8, 4) is 0 Å². The number of carbonyl (C=O) groups is 1.